The number of hydrogen-bond donors (Lipinski definition) is 1. The summed E-state index contributed by atoms with van der Waals surface area (Å²) < 4.78 is 80.4. The molecule has 0 atom stereocenters. The van der Waals surface area contributed by atoms with E-state index in [-0.39, 0.29) is 0 Å². The van der Waals surface area contributed by atoms with E-state index in [0.29, 0.717) is 12.1 Å². The molecule has 2 N–H and O–H groups in total. The average Bonchev–Trinajstić information content (AvgIpc) is 2.24. The lowest BCUT2D eigenvalue weighted by Gasteiger charge is -2.19. The predicted octanol–water partition coefficient (Wildman–Crippen LogP) is 2.83. The van der Waals surface area contributed by atoms with Crippen molar-refractivity contribution in [1.82, 2.24) is 0 Å². The molecule has 1 aromatic carbocycles. The maximum Gasteiger partial charge on any atom is 0.420 e. The summed E-state index contributed by atoms with van der Waals surface area (Å²) in [4.78, 5) is 11.0. The molecule has 9 heteroatoms. The summed E-state index contributed by atoms with van der Waals surface area (Å²) in [7, 11) is 0.836. The summed E-state index contributed by atoms with van der Waals surface area (Å²) in [5.41, 5.74) is -0.608. The molecule has 1 amide bonds. The van der Waals surface area contributed by atoms with Crippen LogP contribution in [0.5, 0.6) is 5.75 Å². The zero-order valence-corrected chi connectivity index (χ0v) is 9.32. The second-order valence-electron chi connectivity index (χ2n) is 3.43. The molecule has 3 nitrogen and oxygen atoms in total. The van der Waals surface area contributed by atoms with Gasteiger partial charge in [-0.1, -0.05) is 0 Å². The summed E-state index contributed by atoms with van der Waals surface area (Å²) in [5.74, 6) is -2.74. The van der Waals surface area contributed by atoms with Crippen molar-refractivity contribution < 1.29 is 35.9 Å². The SMILES string of the molecule is COc1ccc(C(F)(F)F)c(C(N)=O)c1C(F)(F)F. The molecule has 0 radical (unpaired) electrons. The fraction of sp³-hybridized carbons (Fsp3) is 0.300. The van der Waals surface area contributed by atoms with E-state index in [1.54, 1.807) is 0 Å². The third-order valence-electron chi connectivity index (χ3n) is 2.22. The van der Waals surface area contributed by atoms with Crippen molar-refractivity contribution in [3.05, 3.63) is 28.8 Å². The van der Waals surface area contributed by atoms with Gasteiger partial charge in [0.2, 0.25) is 5.91 Å². The molecule has 0 saturated carbocycles. The number of ether oxygens (including phenoxy) is 1. The Morgan fingerprint density at radius 3 is 1.95 bits per heavy atom. The van der Waals surface area contributed by atoms with Gasteiger partial charge in [0.25, 0.3) is 0 Å². The number of halogens is 6. The lowest BCUT2D eigenvalue weighted by atomic mass is 9.98. The first-order valence-corrected chi connectivity index (χ1v) is 4.65. The Hall–Kier alpha value is -1.93. The Bertz CT molecular complexity index is 506. The Kier molecular flexibility index (Phi) is 3.69. The van der Waals surface area contributed by atoms with Crippen LogP contribution in [0, 0.1) is 0 Å². The fourth-order valence-electron chi connectivity index (χ4n) is 1.53. The summed E-state index contributed by atoms with van der Waals surface area (Å²) in [6, 6.07) is 0.798. The lowest BCUT2D eigenvalue weighted by Crippen LogP contribution is -2.25. The number of alkyl halides is 6. The summed E-state index contributed by atoms with van der Waals surface area (Å²) in [6.45, 7) is 0. The lowest BCUT2D eigenvalue weighted by molar-refractivity contribution is -0.144. The minimum atomic E-state index is -5.21. The highest BCUT2D eigenvalue weighted by atomic mass is 19.4. The highest BCUT2D eigenvalue weighted by Crippen LogP contribution is 2.43. The van der Waals surface area contributed by atoms with Crippen LogP contribution < -0.4 is 10.5 Å². The zero-order valence-electron chi connectivity index (χ0n) is 9.32. The van der Waals surface area contributed by atoms with Crippen molar-refractivity contribution in [3.63, 3.8) is 0 Å². The molecule has 0 aliphatic carbocycles. The van der Waals surface area contributed by atoms with Gasteiger partial charge in [-0.3, -0.25) is 4.79 Å². The highest BCUT2D eigenvalue weighted by Gasteiger charge is 2.44. The number of amides is 1. The topological polar surface area (TPSA) is 52.3 Å². The van der Waals surface area contributed by atoms with Crippen LogP contribution in [0.15, 0.2) is 12.1 Å². The summed E-state index contributed by atoms with van der Waals surface area (Å²) >= 11 is 0. The molecular formula is C10H7F6NO2. The Morgan fingerprint density at radius 2 is 1.63 bits per heavy atom. The molecular weight excluding hydrogens is 280 g/mol. The van der Waals surface area contributed by atoms with Gasteiger partial charge in [0, 0.05) is 0 Å². The van der Waals surface area contributed by atoms with E-state index >= 15 is 0 Å². The van der Waals surface area contributed by atoms with Gasteiger partial charge in [0.15, 0.2) is 0 Å². The van der Waals surface area contributed by atoms with Gasteiger partial charge >= 0.3 is 12.4 Å². The quantitative estimate of drug-likeness (QED) is 0.850. The molecule has 0 unspecified atom stereocenters. The van der Waals surface area contributed by atoms with Crippen LogP contribution in [0.25, 0.3) is 0 Å². The van der Waals surface area contributed by atoms with Crippen LogP contribution in [-0.4, -0.2) is 13.0 Å². The minimum absolute atomic E-state index is 0.314. The first kappa shape index (κ1) is 15.1. The number of rotatable bonds is 2. The molecule has 1 rings (SSSR count). The molecule has 1 aromatic rings. The van der Waals surface area contributed by atoms with Gasteiger partial charge in [0.05, 0.1) is 18.2 Å². The molecule has 0 aromatic heterocycles. The van der Waals surface area contributed by atoms with Gasteiger partial charge in [-0.05, 0) is 12.1 Å². The molecule has 19 heavy (non-hydrogen) atoms. The number of carbonyl (C=O) groups excluding carboxylic acids is 1. The zero-order chi connectivity index (χ0) is 15.0. The van der Waals surface area contributed by atoms with Gasteiger partial charge in [0.1, 0.15) is 11.3 Å². The van der Waals surface area contributed by atoms with Crippen LogP contribution >= 0.6 is 0 Å². The number of primary amides is 1. The minimum Gasteiger partial charge on any atom is -0.496 e. The van der Waals surface area contributed by atoms with E-state index in [1.807, 2.05) is 0 Å². The molecule has 0 saturated heterocycles. The maximum atomic E-state index is 12.8. The number of methoxy groups -OCH3 is 1. The summed E-state index contributed by atoms with van der Waals surface area (Å²) in [6.07, 6.45) is -10.4. The Morgan fingerprint density at radius 1 is 1.11 bits per heavy atom. The Balaban J connectivity index is 3.79. The number of carbonyl (C=O) groups is 1. The van der Waals surface area contributed by atoms with Crippen molar-refractivity contribution in [2.24, 2.45) is 5.73 Å². The smallest absolute Gasteiger partial charge is 0.420 e. The largest absolute Gasteiger partial charge is 0.496 e. The van der Waals surface area contributed by atoms with Crippen LogP contribution in [0.2, 0.25) is 0 Å². The summed E-state index contributed by atoms with van der Waals surface area (Å²) in [5, 5.41) is 0. The first-order chi connectivity index (χ1) is 8.50. The molecule has 0 aliphatic heterocycles. The standard InChI is InChI=1S/C10H7F6NO2/c1-19-5-3-2-4(9(11,12)13)6(8(17)18)7(5)10(14,15)16/h2-3H,1H3,(H2,17,18). The predicted molar refractivity (Wildman–Crippen MR) is 51.5 cm³/mol. The van der Waals surface area contributed by atoms with Crippen molar-refractivity contribution in [1.29, 1.82) is 0 Å². The monoisotopic (exact) mass is 287 g/mol. The molecule has 106 valence electrons. The molecule has 0 bridgehead atoms. The second-order valence-corrected chi connectivity index (χ2v) is 3.43. The third-order valence-corrected chi connectivity index (χ3v) is 2.22. The van der Waals surface area contributed by atoms with E-state index < -0.39 is 40.7 Å². The van der Waals surface area contributed by atoms with Crippen LogP contribution in [-0.2, 0) is 12.4 Å². The van der Waals surface area contributed by atoms with Crippen molar-refractivity contribution >= 4 is 5.91 Å². The Labute approximate surface area is 102 Å². The van der Waals surface area contributed by atoms with Crippen LogP contribution in [0.1, 0.15) is 21.5 Å². The van der Waals surface area contributed by atoms with Crippen molar-refractivity contribution in [2.45, 2.75) is 12.4 Å². The van der Waals surface area contributed by atoms with E-state index in [1.165, 1.54) is 0 Å². The van der Waals surface area contributed by atoms with Crippen LogP contribution in [0.4, 0.5) is 26.3 Å². The van der Waals surface area contributed by atoms with E-state index in [0.717, 1.165) is 7.11 Å². The van der Waals surface area contributed by atoms with E-state index in [2.05, 4.69) is 10.5 Å². The van der Waals surface area contributed by atoms with Crippen molar-refractivity contribution in [3.8, 4) is 5.75 Å². The number of nitrogens with two attached hydrogens (primary N) is 1. The van der Waals surface area contributed by atoms with E-state index in [9.17, 15) is 31.1 Å². The van der Waals surface area contributed by atoms with E-state index in [4.69, 9.17) is 0 Å². The first-order valence-electron chi connectivity index (χ1n) is 4.65. The second kappa shape index (κ2) is 4.63. The molecule has 0 spiro atoms. The van der Waals surface area contributed by atoms with Gasteiger partial charge in [-0.15, -0.1) is 0 Å². The molecule has 0 heterocycles. The van der Waals surface area contributed by atoms with Crippen LogP contribution in [0.3, 0.4) is 0 Å². The average molecular weight is 287 g/mol. The third kappa shape index (κ3) is 2.91. The maximum absolute atomic E-state index is 12.8. The molecule has 0 aliphatic rings. The van der Waals surface area contributed by atoms with Crippen molar-refractivity contribution in [2.75, 3.05) is 7.11 Å². The normalized spacial score (nSPS) is 12.4. The van der Waals surface area contributed by atoms with Gasteiger partial charge in [-0.2, -0.15) is 26.3 Å². The fourth-order valence-corrected chi connectivity index (χ4v) is 1.53. The van der Waals surface area contributed by atoms with Gasteiger partial charge in [-0.25, -0.2) is 0 Å². The molecule has 0 fully saturated rings. The van der Waals surface area contributed by atoms with Gasteiger partial charge < -0.3 is 10.5 Å². The highest BCUT2D eigenvalue weighted by molar-refractivity contribution is 5.97. The number of hydrogen-bond acceptors (Lipinski definition) is 2. The number of benzene rings is 1.